The van der Waals surface area contributed by atoms with Crippen molar-refractivity contribution in [1.29, 1.82) is 0 Å². The van der Waals surface area contributed by atoms with Crippen LogP contribution < -0.4 is 14.4 Å². The number of anilines is 1. The van der Waals surface area contributed by atoms with Gasteiger partial charge in [-0.05, 0) is 65.7 Å². The van der Waals surface area contributed by atoms with E-state index in [9.17, 15) is 4.79 Å². The molecular weight excluding hydrogens is 470 g/mol. The van der Waals surface area contributed by atoms with Crippen molar-refractivity contribution in [1.82, 2.24) is 0 Å². The normalized spacial score (nSPS) is 15.1. The average molecular weight is 490 g/mol. The zero-order valence-electron chi connectivity index (χ0n) is 16.1. The van der Waals surface area contributed by atoms with Crippen molar-refractivity contribution in [2.24, 2.45) is 0 Å². The molecule has 3 rings (SSSR count). The molecule has 0 unspecified atom stereocenters. The molecule has 0 spiro atoms. The summed E-state index contributed by atoms with van der Waals surface area (Å²) >= 11 is 10.3. The van der Waals surface area contributed by atoms with E-state index in [1.807, 2.05) is 56.3 Å². The van der Waals surface area contributed by atoms with Gasteiger partial charge in [0.05, 0.1) is 21.7 Å². The zero-order chi connectivity index (χ0) is 21.0. The molecule has 1 amide bonds. The number of aryl methyl sites for hydroxylation is 1. The Hall–Kier alpha value is -2.09. The van der Waals surface area contributed by atoms with Crippen LogP contribution in [0.2, 0.25) is 0 Å². The number of thiocarbonyl (C=S) groups is 1. The Kier molecular flexibility index (Phi) is 7.16. The number of rotatable bonds is 7. The maximum atomic E-state index is 13.0. The molecule has 1 fully saturated rings. The quantitative estimate of drug-likeness (QED) is 0.265. The molecule has 1 heterocycles. The van der Waals surface area contributed by atoms with Crippen molar-refractivity contribution in [2.75, 3.05) is 18.1 Å². The van der Waals surface area contributed by atoms with Gasteiger partial charge in [0.1, 0.15) is 6.61 Å². The summed E-state index contributed by atoms with van der Waals surface area (Å²) in [4.78, 5) is 15.1. The number of halogens is 1. The third kappa shape index (κ3) is 4.91. The van der Waals surface area contributed by atoms with Crippen molar-refractivity contribution in [3.63, 3.8) is 0 Å². The number of benzene rings is 2. The summed E-state index contributed by atoms with van der Waals surface area (Å²) in [5, 5.41) is 0. The van der Waals surface area contributed by atoms with Gasteiger partial charge in [0, 0.05) is 0 Å². The molecule has 0 saturated carbocycles. The molecule has 150 valence electrons. The lowest BCUT2D eigenvalue weighted by Gasteiger charge is -2.15. The highest BCUT2D eigenvalue weighted by molar-refractivity contribution is 9.10. The Balaban J connectivity index is 1.93. The summed E-state index contributed by atoms with van der Waals surface area (Å²) in [7, 11) is 0. The summed E-state index contributed by atoms with van der Waals surface area (Å²) < 4.78 is 12.7. The van der Waals surface area contributed by atoms with Crippen LogP contribution in [0.5, 0.6) is 11.5 Å². The molecule has 29 heavy (non-hydrogen) atoms. The summed E-state index contributed by atoms with van der Waals surface area (Å²) in [6.07, 6.45) is 3.49. The Morgan fingerprint density at radius 2 is 1.97 bits per heavy atom. The van der Waals surface area contributed by atoms with E-state index in [1.54, 1.807) is 11.0 Å². The van der Waals surface area contributed by atoms with Gasteiger partial charge in [-0.2, -0.15) is 0 Å². The van der Waals surface area contributed by atoms with Crippen LogP contribution in [0, 0.1) is 6.92 Å². The maximum Gasteiger partial charge on any atom is 0.270 e. The lowest BCUT2D eigenvalue weighted by molar-refractivity contribution is -0.113. The fourth-order valence-corrected chi connectivity index (χ4v) is 4.63. The van der Waals surface area contributed by atoms with Crippen molar-refractivity contribution < 1.29 is 14.3 Å². The van der Waals surface area contributed by atoms with Crippen LogP contribution >= 0.6 is 39.9 Å². The van der Waals surface area contributed by atoms with Crippen molar-refractivity contribution >= 4 is 61.9 Å². The Bertz CT molecular complexity index is 986. The lowest BCUT2D eigenvalue weighted by atomic mass is 10.1. The number of carbonyl (C=O) groups is 1. The lowest BCUT2D eigenvalue weighted by Crippen LogP contribution is -2.27. The standard InChI is InChI=1S/C22H20BrNO3S2/c1-4-10-27-20-17(23)11-15(12-18(20)26-5-2)13-19-21(25)24(22(28)29-19)16-8-6-14(3)7-9-16/h4,6-9,11-13H,1,5,10H2,2-3H3/b19-13-. The molecule has 0 aromatic heterocycles. The molecule has 0 aliphatic carbocycles. The fraction of sp³-hybridized carbons (Fsp3) is 0.182. The van der Waals surface area contributed by atoms with E-state index in [0.717, 1.165) is 21.3 Å². The van der Waals surface area contributed by atoms with Crippen LogP contribution in [-0.2, 0) is 4.79 Å². The van der Waals surface area contributed by atoms with Crippen molar-refractivity contribution in [3.05, 3.63) is 69.6 Å². The molecule has 0 bridgehead atoms. The van der Waals surface area contributed by atoms with Crippen LogP contribution in [0.25, 0.3) is 6.08 Å². The molecule has 1 aliphatic rings. The van der Waals surface area contributed by atoms with Crippen LogP contribution in [0.4, 0.5) is 5.69 Å². The SMILES string of the molecule is C=CCOc1c(Br)cc(/C=C2\SC(=S)N(c3ccc(C)cc3)C2=O)cc1OCC. The van der Waals surface area contributed by atoms with E-state index in [2.05, 4.69) is 22.5 Å². The van der Waals surface area contributed by atoms with Crippen LogP contribution in [0.3, 0.4) is 0 Å². The first-order chi connectivity index (χ1) is 13.9. The van der Waals surface area contributed by atoms with Crippen LogP contribution in [0.1, 0.15) is 18.1 Å². The molecule has 7 heteroatoms. The van der Waals surface area contributed by atoms with E-state index in [-0.39, 0.29) is 5.91 Å². The number of carbonyl (C=O) groups excluding carboxylic acids is 1. The predicted octanol–water partition coefficient (Wildman–Crippen LogP) is 6.13. The smallest absolute Gasteiger partial charge is 0.270 e. The molecule has 2 aromatic carbocycles. The highest BCUT2D eigenvalue weighted by Gasteiger charge is 2.33. The van der Waals surface area contributed by atoms with Gasteiger partial charge in [-0.15, -0.1) is 0 Å². The fourth-order valence-electron chi connectivity index (χ4n) is 2.75. The van der Waals surface area contributed by atoms with E-state index >= 15 is 0 Å². The van der Waals surface area contributed by atoms with Gasteiger partial charge in [0.2, 0.25) is 0 Å². The monoisotopic (exact) mass is 489 g/mol. The first-order valence-electron chi connectivity index (χ1n) is 8.99. The third-order valence-electron chi connectivity index (χ3n) is 4.06. The largest absolute Gasteiger partial charge is 0.490 e. The highest BCUT2D eigenvalue weighted by Crippen LogP contribution is 2.40. The van der Waals surface area contributed by atoms with Gasteiger partial charge in [-0.3, -0.25) is 9.69 Å². The number of nitrogens with zero attached hydrogens (tertiary/aromatic N) is 1. The van der Waals surface area contributed by atoms with Crippen molar-refractivity contribution in [2.45, 2.75) is 13.8 Å². The molecule has 2 aromatic rings. The Morgan fingerprint density at radius 1 is 1.24 bits per heavy atom. The van der Waals surface area contributed by atoms with Gasteiger partial charge in [-0.25, -0.2) is 0 Å². The van der Waals surface area contributed by atoms with E-state index < -0.39 is 0 Å². The topological polar surface area (TPSA) is 38.8 Å². The summed E-state index contributed by atoms with van der Waals surface area (Å²) in [5.74, 6) is 1.07. The highest BCUT2D eigenvalue weighted by atomic mass is 79.9. The van der Waals surface area contributed by atoms with Gasteiger partial charge in [-0.1, -0.05) is 54.3 Å². The minimum absolute atomic E-state index is 0.134. The Morgan fingerprint density at radius 3 is 2.62 bits per heavy atom. The van der Waals surface area contributed by atoms with Gasteiger partial charge in [0.25, 0.3) is 5.91 Å². The molecular formula is C22H20BrNO3S2. The predicted molar refractivity (Wildman–Crippen MR) is 128 cm³/mol. The summed E-state index contributed by atoms with van der Waals surface area (Å²) in [5.41, 5.74) is 2.71. The molecule has 1 saturated heterocycles. The zero-order valence-corrected chi connectivity index (χ0v) is 19.3. The maximum absolute atomic E-state index is 13.0. The number of thioether (sulfide) groups is 1. The minimum Gasteiger partial charge on any atom is -0.490 e. The Labute approximate surface area is 188 Å². The minimum atomic E-state index is -0.134. The van der Waals surface area contributed by atoms with Crippen LogP contribution in [0.15, 0.2) is 58.4 Å². The van der Waals surface area contributed by atoms with Crippen molar-refractivity contribution in [3.8, 4) is 11.5 Å². The van der Waals surface area contributed by atoms with E-state index in [1.165, 1.54) is 11.8 Å². The number of amides is 1. The molecule has 0 N–H and O–H groups in total. The molecule has 0 radical (unpaired) electrons. The van der Waals surface area contributed by atoms with E-state index in [0.29, 0.717) is 33.9 Å². The number of hydrogen-bond donors (Lipinski definition) is 0. The molecule has 1 aliphatic heterocycles. The number of ether oxygens (including phenoxy) is 2. The second-order valence-corrected chi connectivity index (χ2v) is 8.75. The van der Waals surface area contributed by atoms with Gasteiger partial charge >= 0.3 is 0 Å². The third-order valence-corrected chi connectivity index (χ3v) is 5.95. The molecule has 4 nitrogen and oxygen atoms in total. The molecule has 0 atom stereocenters. The second-order valence-electron chi connectivity index (χ2n) is 6.22. The first kappa shape index (κ1) is 21.6. The summed E-state index contributed by atoms with van der Waals surface area (Å²) in [6.45, 7) is 8.45. The van der Waals surface area contributed by atoms with E-state index in [4.69, 9.17) is 21.7 Å². The first-order valence-corrected chi connectivity index (χ1v) is 11.0. The van der Waals surface area contributed by atoms with Crippen LogP contribution in [-0.4, -0.2) is 23.4 Å². The second kappa shape index (κ2) is 9.61. The van der Waals surface area contributed by atoms with Gasteiger partial charge in [0.15, 0.2) is 15.8 Å². The number of hydrogen-bond acceptors (Lipinski definition) is 5. The van der Waals surface area contributed by atoms with Gasteiger partial charge < -0.3 is 9.47 Å². The summed E-state index contributed by atoms with van der Waals surface area (Å²) in [6, 6.07) is 11.5. The average Bonchev–Trinajstić information content (AvgIpc) is 2.95.